The topological polar surface area (TPSA) is 108 Å². The number of nitrogens with two attached hydrogens (primary N) is 1. The molecule has 4 rings (SSSR count). The lowest BCUT2D eigenvalue weighted by Gasteiger charge is -2.34. The highest BCUT2D eigenvalue weighted by Gasteiger charge is 2.48. The van der Waals surface area contributed by atoms with Crippen molar-refractivity contribution in [2.24, 2.45) is 11.7 Å². The van der Waals surface area contributed by atoms with Crippen molar-refractivity contribution in [2.75, 3.05) is 20.1 Å². The van der Waals surface area contributed by atoms with E-state index in [0.29, 0.717) is 19.4 Å². The molecule has 0 spiro atoms. The van der Waals surface area contributed by atoms with Gasteiger partial charge in [-0.25, -0.2) is 0 Å². The van der Waals surface area contributed by atoms with E-state index in [0.717, 1.165) is 36.9 Å². The van der Waals surface area contributed by atoms with Crippen LogP contribution in [0, 0.1) is 5.92 Å². The van der Waals surface area contributed by atoms with Crippen LogP contribution in [0.4, 0.5) is 0 Å². The largest absolute Gasteiger partial charge is 0.343 e. The van der Waals surface area contributed by atoms with Gasteiger partial charge in [0.1, 0.15) is 12.1 Å². The highest BCUT2D eigenvalue weighted by molar-refractivity contribution is 5.94. The van der Waals surface area contributed by atoms with Crippen LogP contribution in [-0.4, -0.2) is 71.8 Å². The number of carbonyl (C=O) groups excluding carboxylic acids is 3. The van der Waals surface area contributed by atoms with E-state index in [1.165, 1.54) is 0 Å². The van der Waals surface area contributed by atoms with Gasteiger partial charge in [0.2, 0.25) is 17.7 Å². The van der Waals surface area contributed by atoms with Crippen molar-refractivity contribution >= 4 is 17.7 Å². The van der Waals surface area contributed by atoms with E-state index in [4.69, 9.17) is 5.73 Å². The number of rotatable bonds is 10. The summed E-state index contributed by atoms with van der Waals surface area (Å²) in [5, 5.41) is 6.24. The van der Waals surface area contributed by atoms with E-state index in [2.05, 4.69) is 22.5 Å². The van der Waals surface area contributed by atoms with E-state index in [-0.39, 0.29) is 35.7 Å². The number of fused-ring (bicyclic) bond motifs is 1. The molecule has 8 heteroatoms. The first-order valence-electron chi connectivity index (χ1n) is 14.3. The van der Waals surface area contributed by atoms with Crippen molar-refractivity contribution in [3.05, 3.63) is 71.8 Å². The van der Waals surface area contributed by atoms with Crippen LogP contribution in [0.25, 0.3) is 0 Å². The quantitative estimate of drug-likeness (QED) is 0.435. The lowest BCUT2D eigenvalue weighted by Crippen LogP contribution is -2.59. The zero-order chi connectivity index (χ0) is 27.9. The predicted molar refractivity (Wildman–Crippen MR) is 153 cm³/mol. The summed E-state index contributed by atoms with van der Waals surface area (Å²) in [5.74, 6) is -0.696. The van der Waals surface area contributed by atoms with E-state index in [1.54, 1.807) is 4.90 Å². The Kier molecular flexibility index (Phi) is 9.75. The number of carbonyl (C=O) groups is 3. The molecule has 8 nitrogen and oxygen atoms in total. The van der Waals surface area contributed by atoms with Gasteiger partial charge in [-0.2, -0.15) is 0 Å². The molecule has 4 N–H and O–H groups in total. The van der Waals surface area contributed by atoms with Crippen LogP contribution in [0.1, 0.15) is 63.1 Å². The van der Waals surface area contributed by atoms with Crippen LogP contribution in [0.5, 0.6) is 0 Å². The van der Waals surface area contributed by atoms with Crippen molar-refractivity contribution in [1.82, 2.24) is 20.4 Å². The van der Waals surface area contributed by atoms with Crippen molar-refractivity contribution < 1.29 is 14.4 Å². The van der Waals surface area contributed by atoms with Crippen LogP contribution in [0.15, 0.2) is 60.7 Å². The number of amides is 3. The molecule has 2 fully saturated rings. The second kappa shape index (κ2) is 13.2. The van der Waals surface area contributed by atoms with Gasteiger partial charge in [-0.05, 0) is 56.8 Å². The fourth-order valence-corrected chi connectivity index (χ4v) is 5.93. The van der Waals surface area contributed by atoms with Crippen LogP contribution >= 0.6 is 0 Å². The molecule has 0 saturated carbocycles. The average Bonchev–Trinajstić information content (AvgIpc) is 3.35. The molecule has 0 unspecified atom stereocenters. The minimum Gasteiger partial charge on any atom is -0.343 e. The van der Waals surface area contributed by atoms with Crippen molar-refractivity contribution in [2.45, 2.75) is 76.2 Å². The molecule has 39 heavy (non-hydrogen) atoms. The number of nitrogens with zero attached hydrogens (tertiary/aromatic N) is 2. The third-order valence-corrected chi connectivity index (χ3v) is 8.38. The third kappa shape index (κ3) is 6.68. The molecular weight excluding hydrogens is 490 g/mol. The lowest BCUT2D eigenvalue weighted by atomic mass is 9.92. The first kappa shape index (κ1) is 28.8. The maximum Gasteiger partial charge on any atom is 0.246 e. The van der Waals surface area contributed by atoms with Crippen LogP contribution in [-0.2, 0) is 14.4 Å². The normalized spacial score (nSPS) is 23.8. The summed E-state index contributed by atoms with van der Waals surface area (Å²) in [6, 6.07) is 17.5. The van der Waals surface area contributed by atoms with Crippen LogP contribution in [0.3, 0.4) is 0 Å². The Hall–Kier alpha value is -3.23. The van der Waals surface area contributed by atoms with E-state index in [9.17, 15) is 14.4 Å². The van der Waals surface area contributed by atoms with Gasteiger partial charge in [-0.3, -0.25) is 14.4 Å². The maximum atomic E-state index is 14.2. The predicted octanol–water partition coefficient (Wildman–Crippen LogP) is 2.84. The number of benzene rings is 2. The lowest BCUT2D eigenvalue weighted by molar-refractivity contribution is -0.143. The smallest absolute Gasteiger partial charge is 0.246 e. The molecule has 0 aromatic heterocycles. The molecule has 2 aliphatic heterocycles. The molecule has 0 bridgehead atoms. The summed E-state index contributed by atoms with van der Waals surface area (Å²) in [6.45, 7) is 5.47. The Morgan fingerprint density at radius 1 is 0.974 bits per heavy atom. The molecule has 2 aliphatic rings. The SMILES string of the molecule is CC[C@H](N)C(=O)N[C@@H]1C(=O)N2[C@@H](CC[C@@H]1CN(C)CC)CC[C@H]2C(=O)NC(c1ccccc1)c1ccccc1. The first-order chi connectivity index (χ1) is 18.8. The molecule has 2 heterocycles. The highest BCUT2D eigenvalue weighted by atomic mass is 16.2. The average molecular weight is 534 g/mol. The van der Waals surface area contributed by atoms with Crippen molar-refractivity contribution in [3.8, 4) is 0 Å². The summed E-state index contributed by atoms with van der Waals surface area (Å²) in [7, 11) is 2.02. The van der Waals surface area contributed by atoms with Crippen LogP contribution < -0.4 is 16.4 Å². The zero-order valence-corrected chi connectivity index (χ0v) is 23.4. The molecule has 210 valence electrons. The number of nitrogens with one attached hydrogen (secondary N) is 2. The van der Waals surface area contributed by atoms with Gasteiger partial charge in [0.15, 0.2) is 0 Å². The van der Waals surface area contributed by atoms with Gasteiger partial charge in [0.25, 0.3) is 0 Å². The standard InChI is InChI=1S/C31H43N5O3/c1-4-25(32)29(37)34-28-23(20-35(3)5-2)16-17-24-18-19-26(36(24)31(28)39)30(38)33-27(21-12-8-6-9-13-21)22-14-10-7-11-15-22/h6-15,23-28H,4-5,16-20,32H2,1-3H3,(H,33,38)(H,34,37)/t23-,24+,25+,26+,28+/m1/s1. The van der Waals surface area contributed by atoms with Gasteiger partial charge in [-0.1, -0.05) is 74.5 Å². The van der Waals surface area contributed by atoms with E-state index in [1.807, 2.05) is 74.6 Å². The molecular formula is C31H43N5O3. The molecule has 0 aliphatic carbocycles. The second-order valence-corrected chi connectivity index (χ2v) is 10.9. The Balaban J connectivity index is 1.60. The fraction of sp³-hybridized carbons (Fsp3) is 0.516. The monoisotopic (exact) mass is 533 g/mol. The number of hydrogen-bond acceptors (Lipinski definition) is 5. The summed E-state index contributed by atoms with van der Waals surface area (Å²) in [4.78, 5) is 44.9. The summed E-state index contributed by atoms with van der Waals surface area (Å²) < 4.78 is 0. The fourth-order valence-electron chi connectivity index (χ4n) is 5.93. The van der Waals surface area contributed by atoms with E-state index < -0.39 is 18.1 Å². The zero-order valence-electron chi connectivity index (χ0n) is 23.4. The maximum absolute atomic E-state index is 14.2. The van der Waals surface area contributed by atoms with Gasteiger partial charge in [0, 0.05) is 18.5 Å². The third-order valence-electron chi connectivity index (χ3n) is 8.38. The molecule has 2 saturated heterocycles. The Morgan fingerprint density at radius 2 is 1.56 bits per heavy atom. The summed E-state index contributed by atoms with van der Waals surface area (Å²) in [5.41, 5.74) is 7.99. The summed E-state index contributed by atoms with van der Waals surface area (Å²) >= 11 is 0. The summed E-state index contributed by atoms with van der Waals surface area (Å²) in [6.07, 6.45) is 3.48. The van der Waals surface area contributed by atoms with Gasteiger partial charge in [0.05, 0.1) is 12.1 Å². The Labute approximate surface area is 232 Å². The molecule has 0 radical (unpaired) electrons. The van der Waals surface area contributed by atoms with Gasteiger partial charge >= 0.3 is 0 Å². The van der Waals surface area contributed by atoms with Crippen molar-refractivity contribution in [1.29, 1.82) is 0 Å². The van der Waals surface area contributed by atoms with Gasteiger partial charge < -0.3 is 26.2 Å². The minimum absolute atomic E-state index is 0.0173. The molecule has 5 atom stereocenters. The van der Waals surface area contributed by atoms with Crippen LogP contribution in [0.2, 0.25) is 0 Å². The van der Waals surface area contributed by atoms with E-state index >= 15 is 0 Å². The van der Waals surface area contributed by atoms with Gasteiger partial charge in [-0.15, -0.1) is 0 Å². The minimum atomic E-state index is -0.707. The molecule has 3 amide bonds. The molecule has 2 aromatic rings. The van der Waals surface area contributed by atoms with Crippen molar-refractivity contribution in [3.63, 3.8) is 0 Å². The number of hydrogen-bond donors (Lipinski definition) is 3. The first-order valence-corrected chi connectivity index (χ1v) is 14.3. The Morgan fingerprint density at radius 3 is 2.13 bits per heavy atom. The highest BCUT2D eigenvalue weighted by Crippen LogP contribution is 2.35. The Bertz CT molecular complexity index is 1070. The second-order valence-electron chi connectivity index (χ2n) is 10.9. The molecule has 2 aromatic carbocycles.